The first-order valence-corrected chi connectivity index (χ1v) is 5.63. The van der Waals surface area contributed by atoms with Crippen molar-refractivity contribution < 1.29 is 14.6 Å². The van der Waals surface area contributed by atoms with Crippen molar-refractivity contribution in [3.05, 3.63) is 22.7 Å². The average molecular weight is 255 g/mol. The molecule has 0 aromatic carbocycles. The largest absolute Gasteiger partial charge is 0.480 e. The molecular weight excluding hydrogens is 238 g/mol. The molecule has 0 unspecified atom stereocenters. The molecule has 0 aliphatic rings. The van der Waals surface area contributed by atoms with Gasteiger partial charge in [0.2, 0.25) is 0 Å². The van der Waals surface area contributed by atoms with E-state index in [0.717, 1.165) is 0 Å². The lowest BCUT2D eigenvalue weighted by molar-refractivity contribution is -0.142. The number of aromatic nitrogens is 2. The van der Waals surface area contributed by atoms with Crippen LogP contribution >= 0.6 is 0 Å². The summed E-state index contributed by atoms with van der Waals surface area (Å²) in [4.78, 5) is 26.0. The van der Waals surface area contributed by atoms with Gasteiger partial charge in [-0.05, 0) is 13.8 Å². The van der Waals surface area contributed by atoms with E-state index in [2.05, 4.69) is 10.3 Å². The van der Waals surface area contributed by atoms with E-state index in [4.69, 9.17) is 9.84 Å². The smallest absolute Gasteiger partial charge is 0.329 e. The molecule has 1 aromatic rings. The first kappa shape index (κ1) is 14.2. The minimum atomic E-state index is -1.02. The molecule has 0 aliphatic carbocycles. The lowest BCUT2D eigenvalue weighted by Crippen LogP contribution is -2.27. The van der Waals surface area contributed by atoms with Crippen molar-refractivity contribution in [3.63, 3.8) is 0 Å². The van der Waals surface area contributed by atoms with Crippen molar-refractivity contribution in [2.24, 2.45) is 0 Å². The molecule has 0 saturated carbocycles. The van der Waals surface area contributed by atoms with Gasteiger partial charge in [0.25, 0.3) is 5.56 Å². The van der Waals surface area contributed by atoms with Gasteiger partial charge in [0.1, 0.15) is 6.61 Å². The van der Waals surface area contributed by atoms with Crippen molar-refractivity contribution in [2.45, 2.75) is 19.9 Å². The summed E-state index contributed by atoms with van der Waals surface area (Å²) in [6, 6.07) is 0.0595. The Balaban J connectivity index is 2.50. The van der Waals surface area contributed by atoms with Crippen molar-refractivity contribution in [1.82, 2.24) is 9.55 Å². The Hall–Kier alpha value is -1.89. The first-order chi connectivity index (χ1) is 8.52. The van der Waals surface area contributed by atoms with Crippen LogP contribution in [0.5, 0.6) is 0 Å². The van der Waals surface area contributed by atoms with Crippen LogP contribution in [0, 0.1) is 0 Å². The van der Waals surface area contributed by atoms with E-state index in [9.17, 15) is 9.59 Å². The number of carboxylic acid groups (broad SMARTS) is 1. The quantitative estimate of drug-likeness (QED) is 0.682. The van der Waals surface area contributed by atoms with Crippen molar-refractivity contribution >= 4 is 11.8 Å². The number of hydrogen-bond acceptors (Lipinski definition) is 5. The highest BCUT2D eigenvalue weighted by Gasteiger charge is 2.06. The van der Waals surface area contributed by atoms with Gasteiger partial charge in [-0.25, -0.2) is 9.78 Å². The Labute approximate surface area is 104 Å². The summed E-state index contributed by atoms with van der Waals surface area (Å²) in [5, 5.41) is 11.2. The van der Waals surface area contributed by atoms with E-state index in [1.807, 2.05) is 13.8 Å². The lowest BCUT2D eigenvalue weighted by atomic mass is 10.4. The van der Waals surface area contributed by atoms with Crippen LogP contribution in [0.3, 0.4) is 0 Å². The number of carbonyl (C=O) groups is 1. The Morgan fingerprint density at radius 2 is 2.33 bits per heavy atom. The van der Waals surface area contributed by atoms with Crippen molar-refractivity contribution in [1.29, 1.82) is 0 Å². The molecule has 1 rings (SSSR count). The van der Waals surface area contributed by atoms with Gasteiger partial charge in [-0.1, -0.05) is 0 Å². The van der Waals surface area contributed by atoms with Gasteiger partial charge >= 0.3 is 5.97 Å². The average Bonchev–Trinajstić information content (AvgIpc) is 2.30. The number of nitrogens with zero attached hydrogens (tertiary/aromatic N) is 2. The zero-order chi connectivity index (χ0) is 13.5. The van der Waals surface area contributed by atoms with Gasteiger partial charge in [-0.2, -0.15) is 0 Å². The molecule has 0 amide bonds. The number of rotatable bonds is 7. The minimum absolute atomic E-state index is 0.0595. The van der Waals surface area contributed by atoms with E-state index in [-0.39, 0.29) is 30.6 Å². The number of nitrogens with one attached hydrogen (secondary N) is 1. The highest BCUT2D eigenvalue weighted by Crippen LogP contribution is 2.00. The van der Waals surface area contributed by atoms with Crippen LogP contribution in [-0.4, -0.2) is 40.4 Å². The standard InChI is InChI=1S/C11H17N3O4/c1-8(2)14-5-3-12-10(11(14)17)13-4-6-18-7-9(15)16/h3,5,8H,4,6-7H2,1-2H3,(H,12,13)(H,15,16). The summed E-state index contributed by atoms with van der Waals surface area (Å²) < 4.78 is 6.40. The molecule has 7 nitrogen and oxygen atoms in total. The highest BCUT2D eigenvalue weighted by atomic mass is 16.5. The molecular formula is C11H17N3O4. The Morgan fingerprint density at radius 1 is 1.61 bits per heavy atom. The summed E-state index contributed by atoms with van der Waals surface area (Å²) in [6.45, 7) is 3.99. The van der Waals surface area contributed by atoms with Crippen LogP contribution in [0.4, 0.5) is 5.82 Å². The van der Waals surface area contributed by atoms with Gasteiger partial charge in [0, 0.05) is 25.0 Å². The predicted molar refractivity (Wildman–Crippen MR) is 65.8 cm³/mol. The number of anilines is 1. The summed E-state index contributed by atoms with van der Waals surface area (Å²) in [5.41, 5.74) is -0.203. The summed E-state index contributed by atoms with van der Waals surface area (Å²) in [5.74, 6) is -0.778. The third-order valence-corrected chi connectivity index (χ3v) is 2.19. The summed E-state index contributed by atoms with van der Waals surface area (Å²) >= 11 is 0. The molecule has 7 heteroatoms. The molecule has 1 aromatic heterocycles. The third kappa shape index (κ3) is 4.17. The molecule has 1 heterocycles. The first-order valence-electron chi connectivity index (χ1n) is 5.63. The normalized spacial score (nSPS) is 10.6. The fraction of sp³-hybridized carbons (Fsp3) is 0.545. The van der Waals surface area contributed by atoms with E-state index in [1.54, 1.807) is 17.0 Å². The molecule has 0 spiro atoms. The molecule has 18 heavy (non-hydrogen) atoms. The summed E-state index contributed by atoms with van der Waals surface area (Å²) in [7, 11) is 0. The maximum Gasteiger partial charge on any atom is 0.329 e. The monoisotopic (exact) mass is 255 g/mol. The van der Waals surface area contributed by atoms with Gasteiger partial charge < -0.3 is 19.7 Å². The second-order valence-corrected chi connectivity index (χ2v) is 3.96. The van der Waals surface area contributed by atoms with Crippen LogP contribution < -0.4 is 10.9 Å². The van der Waals surface area contributed by atoms with Crippen molar-refractivity contribution in [3.8, 4) is 0 Å². The van der Waals surface area contributed by atoms with Crippen LogP contribution in [0.25, 0.3) is 0 Å². The third-order valence-electron chi connectivity index (χ3n) is 2.19. The zero-order valence-electron chi connectivity index (χ0n) is 10.4. The lowest BCUT2D eigenvalue weighted by Gasteiger charge is -2.11. The molecule has 0 atom stereocenters. The predicted octanol–water partition coefficient (Wildman–Crippen LogP) is 0.337. The van der Waals surface area contributed by atoms with Gasteiger partial charge in [-0.3, -0.25) is 4.79 Å². The Bertz CT molecular complexity index is 456. The number of hydrogen-bond donors (Lipinski definition) is 2. The minimum Gasteiger partial charge on any atom is -0.480 e. The molecule has 0 radical (unpaired) electrons. The Morgan fingerprint density at radius 3 is 2.94 bits per heavy atom. The number of aliphatic carboxylic acids is 1. The van der Waals surface area contributed by atoms with E-state index < -0.39 is 5.97 Å². The molecule has 100 valence electrons. The highest BCUT2D eigenvalue weighted by molar-refractivity contribution is 5.67. The van der Waals surface area contributed by atoms with Gasteiger partial charge in [0.15, 0.2) is 5.82 Å². The Kier molecular flexibility index (Phi) is 5.31. The molecule has 2 N–H and O–H groups in total. The molecule has 0 saturated heterocycles. The topological polar surface area (TPSA) is 93.4 Å². The second-order valence-electron chi connectivity index (χ2n) is 3.96. The van der Waals surface area contributed by atoms with Crippen LogP contribution in [-0.2, 0) is 9.53 Å². The number of ether oxygens (including phenoxy) is 1. The molecule has 0 aliphatic heterocycles. The fourth-order valence-electron chi connectivity index (χ4n) is 1.35. The maximum atomic E-state index is 11.9. The fourth-order valence-corrected chi connectivity index (χ4v) is 1.35. The zero-order valence-corrected chi connectivity index (χ0v) is 10.4. The van der Waals surface area contributed by atoms with E-state index in [1.165, 1.54) is 0 Å². The van der Waals surface area contributed by atoms with Gasteiger partial charge in [-0.15, -0.1) is 0 Å². The van der Waals surface area contributed by atoms with Gasteiger partial charge in [0.05, 0.1) is 6.61 Å². The SMILES string of the molecule is CC(C)n1ccnc(NCCOCC(=O)O)c1=O. The van der Waals surface area contributed by atoms with Crippen LogP contribution in [0.2, 0.25) is 0 Å². The molecule has 0 fully saturated rings. The van der Waals surface area contributed by atoms with E-state index in [0.29, 0.717) is 6.54 Å². The number of carboxylic acids is 1. The van der Waals surface area contributed by atoms with E-state index >= 15 is 0 Å². The summed E-state index contributed by atoms with van der Waals surface area (Å²) in [6.07, 6.45) is 3.17. The van der Waals surface area contributed by atoms with Crippen LogP contribution in [0.1, 0.15) is 19.9 Å². The second kappa shape index (κ2) is 6.75. The van der Waals surface area contributed by atoms with Crippen molar-refractivity contribution in [2.75, 3.05) is 25.1 Å². The maximum absolute atomic E-state index is 11.9. The molecule has 0 bridgehead atoms. The van der Waals surface area contributed by atoms with Crippen LogP contribution in [0.15, 0.2) is 17.2 Å².